The van der Waals surface area contributed by atoms with E-state index >= 15 is 0 Å². The van der Waals surface area contributed by atoms with Gasteiger partial charge in [0.2, 0.25) is 0 Å². The number of fused-ring (bicyclic) bond motifs is 3. The maximum Gasteiger partial charge on any atom is 0.256 e. The average molecular weight is 434 g/mol. The molecule has 2 N–H and O–H groups in total. The van der Waals surface area contributed by atoms with E-state index < -0.39 is 0 Å². The Hall–Kier alpha value is -2.83. The monoisotopic (exact) mass is 433 g/mol. The number of ether oxygens (including phenoxy) is 1. The van der Waals surface area contributed by atoms with Gasteiger partial charge in [-0.15, -0.1) is 11.3 Å². The largest absolute Gasteiger partial charge is 0.489 e. The van der Waals surface area contributed by atoms with Gasteiger partial charge in [0.05, 0.1) is 5.56 Å². The smallest absolute Gasteiger partial charge is 0.256 e. The van der Waals surface area contributed by atoms with Gasteiger partial charge in [0.25, 0.3) is 5.91 Å². The van der Waals surface area contributed by atoms with Crippen molar-refractivity contribution in [1.29, 1.82) is 0 Å². The third kappa shape index (κ3) is 4.05. The molecule has 0 saturated carbocycles. The van der Waals surface area contributed by atoms with Gasteiger partial charge in [0.15, 0.2) is 0 Å². The fourth-order valence-electron chi connectivity index (χ4n) is 4.27. The van der Waals surface area contributed by atoms with Crippen molar-refractivity contribution >= 4 is 22.2 Å². The summed E-state index contributed by atoms with van der Waals surface area (Å²) in [5.74, 6) is 0.811. The molecule has 2 aliphatic rings. The van der Waals surface area contributed by atoms with Crippen molar-refractivity contribution in [3.63, 3.8) is 0 Å². The molecule has 160 valence electrons. The van der Waals surface area contributed by atoms with Crippen LogP contribution in [0.2, 0.25) is 0 Å². The van der Waals surface area contributed by atoms with Crippen LogP contribution in [0.5, 0.6) is 5.75 Å². The Labute approximate surface area is 187 Å². The van der Waals surface area contributed by atoms with Crippen molar-refractivity contribution in [2.75, 3.05) is 11.9 Å². The molecule has 0 fully saturated rings. The van der Waals surface area contributed by atoms with E-state index in [-0.39, 0.29) is 12.1 Å². The van der Waals surface area contributed by atoms with Crippen LogP contribution in [0, 0.1) is 0 Å². The molecule has 0 unspecified atom stereocenters. The number of nitrogens with zero attached hydrogens (tertiary/aromatic N) is 1. The minimum Gasteiger partial charge on any atom is -0.489 e. The van der Waals surface area contributed by atoms with Gasteiger partial charge in [-0.1, -0.05) is 42.5 Å². The molecule has 5 rings (SSSR count). The Kier molecular flexibility index (Phi) is 5.42. The molecule has 6 heteroatoms. The number of anilines is 1. The van der Waals surface area contributed by atoms with Crippen LogP contribution in [0.15, 0.2) is 54.6 Å². The molecular weight excluding hydrogens is 406 g/mol. The quantitative estimate of drug-likeness (QED) is 0.598. The average Bonchev–Trinajstić information content (AvgIpc) is 3.16. The SMILES string of the molecule is CC(C)N1CCc2c(sc3c2C(=O)N[C@@H](c2cccc(OCc4ccccc4)c2)N3)C1. The first-order chi connectivity index (χ1) is 15.1. The number of benzene rings is 2. The van der Waals surface area contributed by atoms with Crippen LogP contribution >= 0.6 is 11.3 Å². The van der Waals surface area contributed by atoms with Crippen LogP contribution in [-0.2, 0) is 19.6 Å². The van der Waals surface area contributed by atoms with Crippen molar-refractivity contribution in [3.05, 3.63) is 81.7 Å². The van der Waals surface area contributed by atoms with E-state index in [2.05, 4.69) is 29.4 Å². The molecule has 1 atom stereocenters. The number of amides is 1. The minimum absolute atomic E-state index is 0.0184. The van der Waals surface area contributed by atoms with Gasteiger partial charge in [-0.3, -0.25) is 9.69 Å². The molecule has 1 amide bonds. The summed E-state index contributed by atoms with van der Waals surface area (Å²) in [6.45, 7) is 6.90. The molecule has 3 aromatic rings. The van der Waals surface area contributed by atoms with Crippen molar-refractivity contribution in [2.24, 2.45) is 0 Å². The molecule has 0 radical (unpaired) electrons. The Bertz CT molecular complexity index is 1090. The van der Waals surface area contributed by atoms with Gasteiger partial charge in [0, 0.05) is 24.0 Å². The van der Waals surface area contributed by atoms with Crippen LogP contribution in [0.3, 0.4) is 0 Å². The summed E-state index contributed by atoms with van der Waals surface area (Å²) >= 11 is 1.73. The second-order valence-corrected chi connectivity index (χ2v) is 9.52. The van der Waals surface area contributed by atoms with Gasteiger partial charge in [-0.05, 0) is 49.1 Å². The predicted octanol–water partition coefficient (Wildman–Crippen LogP) is 4.95. The van der Waals surface area contributed by atoms with E-state index in [1.807, 2.05) is 54.6 Å². The van der Waals surface area contributed by atoms with Gasteiger partial charge in [0.1, 0.15) is 23.5 Å². The first-order valence-corrected chi connectivity index (χ1v) is 11.6. The maximum atomic E-state index is 13.0. The summed E-state index contributed by atoms with van der Waals surface area (Å²) in [6, 6.07) is 18.6. The predicted molar refractivity (Wildman–Crippen MR) is 125 cm³/mol. The topological polar surface area (TPSA) is 53.6 Å². The normalized spacial score (nSPS) is 18.2. The van der Waals surface area contributed by atoms with Gasteiger partial charge in [-0.25, -0.2) is 0 Å². The standard InChI is InChI=1S/C25H27N3O2S/c1-16(2)28-12-11-20-21(14-28)31-25-22(20)24(29)26-23(27-25)18-9-6-10-19(13-18)30-15-17-7-4-3-5-8-17/h3-10,13,16,23,27H,11-12,14-15H2,1-2H3,(H,26,29)/t23-/m1/s1. The molecule has 1 aromatic heterocycles. The maximum absolute atomic E-state index is 13.0. The van der Waals surface area contributed by atoms with E-state index in [4.69, 9.17) is 4.74 Å². The van der Waals surface area contributed by atoms with Crippen LogP contribution in [0.1, 0.15) is 51.9 Å². The summed E-state index contributed by atoms with van der Waals surface area (Å²) in [6.07, 6.45) is 0.670. The Morgan fingerprint density at radius 1 is 1.13 bits per heavy atom. The van der Waals surface area contributed by atoms with E-state index in [0.29, 0.717) is 12.6 Å². The van der Waals surface area contributed by atoms with Crippen molar-refractivity contribution in [3.8, 4) is 5.75 Å². The van der Waals surface area contributed by atoms with Crippen LogP contribution in [0.25, 0.3) is 0 Å². The van der Waals surface area contributed by atoms with Gasteiger partial charge in [-0.2, -0.15) is 0 Å². The molecule has 2 aromatic carbocycles. The van der Waals surface area contributed by atoms with E-state index in [1.165, 1.54) is 10.4 Å². The van der Waals surface area contributed by atoms with Gasteiger partial charge < -0.3 is 15.4 Å². The number of hydrogen-bond donors (Lipinski definition) is 2. The number of nitrogens with one attached hydrogen (secondary N) is 2. The lowest BCUT2D eigenvalue weighted by molar-refractivity contribution is 0.0934. The number of hydrogen-bond acceptors (Lipinski definition) is 5. The third-order valence-electron chi connectivity index (χ3n) is 6.03. The second-order valence-electron chi connectivity index (χ2n) is 8.42. The fraction of sp³-hybridized carbons (Fsp3) is 0.320. The number of carbonyl (C=O) groups is 1. The molecule has 3 heterocycles. The number of carbonyl (C=O) groups excluding carboxylic acids is 1. The fourth-order valence-corrected chi connectivity index (χ4v) is 5.57. The molecule has 5 nitrogen and oxygen atoms in total. The minimum atomic E-state index is -0.262. The first kappa shape index (κ1) is 20.1. The van der Waals surface area contributed by atoms with Crippen molar-refractivity contribution in [1.82, 2.24) is 10.2 Å². The van der Waals surface area contributed by atoms with E-state index in [9.17, 15) is 4.79 Å². The number of rotatable bonds is 5. The molecular formula is C25H27N3O2S. The zero-order chi connectivity index (χ0) is 21.4. The molecule has 31 heavy (non-hydrogen) atoms. The van der Waals surface area contributed by atoms with E-state index in [0.717, 1.165) is 47.0 Å². The highest BCUT2D eigenvalue weighted by molar-refractivity contribution is 7.16. The summed E-state index contributed by atoms with van der Waals surface area (Å²) in [4.78, 5) is 16.8. The second kappa shape index (κ2) is 8.36. The highest BCUT2D eigenvalue weighted by Gasteiger charge is 2.33. The lowest BCUT2D eigenvalue weighted by Gasteiger charge is -2.31. The zero-order valence-corrected chi connectivity index (χ0v) is 18.7. The zero-order valence-electron chi connectivity index (χ0n) is 17.9. The highest BCUT2D eigenvalue weighted by atomic mass is 32.1. The summed E-state index contributed by atoms with van der Waals surface area (Å²) < 4.78 is 5.98. The molecule has 0 saturated heterocycles. The van der Waals surface area contributed by atoms with Crippen LogP contribution in [0.4, 0.5) is 5.00 Å². The highest BCUT2D eigenvalue weighted by Crippen LogP contribution is 2.41. The lowest BCUT2D eigenvalue weighted by Crippen LogP contribution is -2.39. The molecule has 0 spiro atoms. The summed E-state index contributed by atoms with van der Waals surface area (Å²) in [5, 5.41) is 7.69. The summed E-state index contributed by atoms with van der Waals surface area (Å²) in [5.41, 5.74) is 4.18. The molecule has 0 aliphatic carbocycles. The van der Waals surface area contributed by atoms with Crippen molar-refractivity contribution in [2.45, 2.75) is 45.6 Å². The lowest BCUT2D eigenvalue weighted by atomic mass is 9.99. The molecule has 2 aliphatic heterocycles. The number of thiophene rings is 1. The molecule has 0 bridgehead atoms. The van der Waals surface area contributed by atoms with E-state index in [1.54, 1.807) is 11.3 Å². The van der Waals surface area contributed by atoms with Gasteiger partial charge >= 0.3 is 0 Å². The Morgan fingerprint density at radius 2 is 1.97 bits per heavy atom. The van der Waals surface area contributed by atoms with Crippen LogP contribution in [-0.4, -0.2) is 23.4 Å². The Balaban J connectivity index is 1.34. The summed E-state index contributed by atoms with van der Waals surface area (Å²) in [7, 11) is 0. The van der Waals surface area contributed by atoms with Crippen molar-refractivity contribution < 1.29 is 9.53 Å². The Morgan fingerprint density at radius 3 is 2.77 bits per heavy atom. The first-order valence-electron chi connectivity index (χ1n) is 10.8. The third-order valence-corrected chi connectivity index (χ3v) is 7.18. The van der Waals surface area contributed by atoms with Crippen LogP contribution < -0.4 is 15.4 Å².